The number of rotatable bonds is 7. The van der Waals surface area contributed by atoms with Crippen molar-refractivity contribution in [3.8, 4) is 0 Å². The van der Waals surface area contributed by atoms with E-state index in [2.05, 4.69) is 20.1 Å². The van der Waals surface area contributed by atoms with Gasteiger partial charge >= 0.3 is 0 Å². The summed E-state index contributed by atoms with van der Waals surface area (Å²) in [7, 11) is 0. The van der Waals surface area contributed by atoms with Gasteiger partial charge in [0.15, 0.2) is 0 Å². The second kappa shape index (κ2) is 10.3. The molecule has 3 rings (SSSR count). The van der Waals surface area contributed by atoms with Gasteiger partial charge in [-0.3, -0.25) is 29.2 Å². The molecule has 1 aliphatic carbocycles. The SMILES string of the molecule is Cc1ccc(NC(=O)CN2CCN(CCN=CC3C(=O)CC(C)(C)CC3=O)CC2)cc1. The first kappa shape index (κ1) is 23.3. The van der Waals surface area contributed by atoms with Gasteiger partial charge in [0, 0.05) is 57.5 Å². The minimum absolute atomic E-state index is 0.00639. The Labute approximate surface area is 184 Å². The van der Waals surface area contributed by atoms with Gasteiger partial charge in [-0.05, 0) is 24.5 Å². The number of carbonyl (C=O) groups is 3. The Balaban J connectivity index is 1.34. The summed E-state index contributed by atoms with van der Waals surface area (Å²) in [5, 5.41) is 2.94. The maximum absolute atomic E-state index is 12.3. The molecule has 1 N–H and O–H groups in total. The fourth-order valence-electron chi connectivity index (χ4n) is 4.16. The molecule has 2 aliphatic rings. The van der Waals surface area contributed by atoms with E-state index in [4.69, 9.17) is 0 Å². The molecule has 31 heavy (non-hydrogen) atoms. The molecule has 7 heteroatoms. The van der Waals surface area contributed by atoms with E-state index in [-0.39, 0.29) is 22.9 Å². The largest absolute Gasteiger partial charge is 0.325 e. The Kier molecular flexibility index (Phi) is 7.73. The molecule has 2 fully saturated rings. The van der Waals surface area contributed by atoms with E-state index in [1.165, 1.54) is 5.56 Å². The van der Waals surface area contributed by atoms with Crippen molar-refractivity contribution in [2.75, 3.05) is 51.1 Å². The Morgan fingerprint density at radius 2 is 1.65 bits per heavy atom. The van der Waals surface area contributed by atoms with Crippen molar-refractivity contribution in [3.05, 3.63) is 29.8 Å². The maximum Gasteiger partial charge on any atom is 0.238 e. The number of benzene rings is 1. The molecule has 7 nitrogen and oxygen atoms in total. The van der Waals surface area contributed by atoms with Crippen molar-refractivity contribution < 1.29 is 14.4 Å². The molecule has 1 heterocycles. The molecule has 0 aromatic heterocycles. The minimum atomic E-state index is -0.656. The van der Waals surface area contributed by atoms with Crippen molar-refractivity contribution in [1.82, 2.24) is 9.80 Å². The smallest absolute Gasteiger partial charge is 0.238 e. The predicted octanol–water partition coefficient (Wildman–Crippen LogP) is 2.20. The molecule has 1 aliphatic heterocycles. The van der Waals surface area contributed by atoms with Crippen LogP contribution in [0.1, 0.15) is 32.3 Å². The first-order valence-electron chi connectivity index (χ1n) is 11.1. The number of piperazine rings is 1. The number of nitrogens with zero attached hydrogens (tertiary/aromatic N) is 3. The van der Waals surface area contributed by atoms with Gasteiger partial charge in [0.05, 0.1) is 13.1 Å². The van der Waals surface area contributed by atoms with Gasteiger partial charge in [-0.15, -0.1) is 0 Å². The Hall–Kier alpha value is -2.38. The Morgan fingerprint density at radius 3 is 2.26 bits per heavy atom. The molecule has 1 aromatic carbocycles. The van der Waals surface area contributed by atoms with Crippen LogP contribution in [0.15, 0.2) is 29.3 Å². The highest BCUT2D eigenvalue weighted by atomic mass is 16.2. The van der Waals surface area contributed by atoms with Gasteiger partial charge in [0.1, 0.15) is 17.5 Å². The van der Waals surface area contributed by atoms with Gasteiger partial charge < -0.3 is 5.32 Å². The van der Waals surface area contributed by atoms with Crippen LogP contribution in [0.25, 0.3) is 0 Å². The lowest BCUT2D eigenvalue weighted by Crippen LogP contribution is -2.49. The number of hydrogen-bond donors (Lipinski definition) is 1. The van der Waals surface area contributed by atoms with E-state index < -0.39 is 5.92 Å². The summed E-state index contributed by atoms with van der Waals surface area (Å²) in [5.41, 5.74) is 1.76. The van der Waals surface area contributed by atoms with Crippen molar-refractivity contribution >= 4 is 29.4 Å². The van der Waals surface area contributed by atoms with E-state index >= 15 is 0 Å². The van der Waals surface area contributed by atoms with E-state index in [1.54, 1.807) is 6.21 Å². The summed E-state index contributed by atoms with van der Waals surface area (Å²) in [6.45, 7) is 11.1. The molecule has 0 unspecified atom stereocenters. The summed E-state index contributed by atoms with van der Waals surface area (Å²) < 4.78 is 0. The van der Waals surface area contributed by atoms with Crippen molar-refractivity contribution in [2.45, 2.75) is 33.6 Å². The van der Waals surface area contributed by atoms with Crippen molar-refractivity contribution in [3.63, 3.8) is 0 Å². The first-order chi connectivity index (χ1) is 14.7. The van der Waals surface area contributed by atoms with Crippen molar-refractivity contribution in [2.24, 2.45) is 16.3 Å². The molecule has 1 saturated heterocycles. The predicted molar refractivity (Wildman–Crippen MR) is 123 cm³/mol. The van der Waals surface area contributed by atoms with Crippen LogP contribution in [0.4, 0.5) is 5.69 Å². The maximum atomic E-state index is 12.3. The minimum Gasteiger partial charge on any atom is -0.325 e. The number of aliphatic imine (C=N–C) groups is 1. The molecule has 168 valence electrons. The van der Waals surface area contributed by atoms with Gasteiger partial charge in [0.2, 0.25) is 5.91 Å². The average Bonchev–Trinajstić information content (AvgIpc) is 2.69. The van der Waals surface area contributed by atoms with Crippen LogP contribution in [0.5, 0.6) is 0 Å². The first-order valence-corrected chi connectivity index (χ1v) is 11.1. The lowest BCUT2D eigenvalue weighted by molar-refractivity contribution is -0.136. The van der Waals surface area contributed by atoms with Crippen LogP contribution in [0.3, 0.4) is 0 Å². The van der Waals surface area contributed by atoms with E-state index in [1.807, 2.05) is 45.0 Å². The normalized spacial score (nSPS) is 21.0. The third-order valence-electron chi connectivity index (χ3n) is 5.97. The van der Waals surface area contributed by atoms with Crippen LogP contribution in [0.2, 0.25) is 0 Å². The average molecular weight is 427 g/mol. The zero-order valence-electron chi connectivity index (χ0n) is 18.9. The number of anilines is 1. The Bertz CT molecular complexity index is 804. The molecular formula is C24H34N4O3. The second-order valence-electron chi connectivity index (χ2n) is 9.52. The highest BCUT2D eigenvalue weighted by molar-refractivity contribution is 6.16. The molecule has 0 spiro atoms. The second-order valence-corrected chi connectivity index (χ2v) is 9.52. The third-order valence-corrected chi connectivity index (χ3v) is 5.97. The standard InChI is InChI=1S/C24H34N4O3/c1-18-4-6-19(7-5-18)26-23(31)17-28-12-10-27(11-13-28)9-8-25-16-20-21(29)14-24(2,3)15-22(20)30/h4-7,16,20H,8-15,17H2,1-3H3,(H,26,31). The molecular weight excluding hydrogens is 392 g/mol. The van der Waals surface area contributed by atoms with Crippen LogP contribution in [-0.2, 0) is 14.4 Å². The zero-order valence-corrected chi connectivity index (χ0v) is 18.9. The van der Waals surface area contributed by atoms with Gasteiger partial charge in [-0.2, -0.15) is 0 Å². The summed E-state index contributed by atoms with van der Waals surface area (Å²) in [5.74, 6) is -0.672. The van der Waals surface area contributed by atoms with E-state index in [0.717, 1.165) is 38.4 Å². The fourth-order valence-corrected chi connectivity index (χ4v) is 4.16. The summed E-state index contributed by atoms with van der Waals surface area (Å²) >= 11 is 0. The van der Waals surface area contributed by atoms with E-state index in [0.29, 0.717) is 25.9 Å². The lowest BCUT2D eigenvalue weighted by atomic mass is 9.72. The highest BCUT2D eigenvalue weighted by Gasteiger charge is 2.38. The topological polar surface area (TPSA) is 82.1 Å². The molecule has 0 radical (unpaired) electrons. The van der Waals surface area contributed by atoms with Crippen molar-refractivity contribution in [1.29, 1.82) is 0 Å². The summed E-state index contributed by atoms with van der Waals surface area (Å²) in [4.78, 5) is 45.5. The number of carbonyl (C=O) groups excluding carboxylic acids is 3. The quantitative estimate of drug-likeness (QED) is 0.534. The highest BCUT2D eigenvalue weighted by Crippen LogP contribution is 2.33. The van der Waals surface area contributed by atoms with Crippen LogP contribution >= 0.6 is 0 Å². The van der Waals surface area contributed by atoms with Gasteiger partial charge in [-0.1, -0.05) is 31.5 Å². The number of nitrogens with one attached hydrogen (secondary N) is 1. The molecule has 1 amide bonds. The third kappa shape index (κ3) is 7.08. The van der Waals surface area contributed by atoms with Crippen LogP contribution < -0.4 is 5.32 Å². The molecule has 0 bridgehead atoms. The van der Waals surface area contributed by atoms with E-state index in [9.17, 15) is 14.4 Å². The lowest BCUT2D eigenvalue weighted by Gasteiger charge is -2.34. The Morgan fingerprint density at radius 1 is 1.06 bits per heavy atom. The fraction of sp³-hybridized carbons (Fsp3) is 0.583. The molecule has 1 saturated carbocycles. The molecule has 1 aromatic rings. The van der Waals surface area contributed by atoms with Gasteiger partial charge in [-0.25, -0.2) is 0 Å². The number of ketones is 2. The van der Waals surface area contributed by atoms with Crippen LogP contribution in [0, 0.1) is 18.3 Å². The number of hydrogen-bond acceptors (Lipinski definition) is 6. The summed E-state index contributed by atoms with van der Waals surface area (Å²) in [6.07, 6.45) is 2.44. The molecule has 0 atom stereocenters. The van der Waals surface area contributed by atoms with Gasteiger partial charge in [0.25, 0.3) is 0 Å². The zero-order chi connectivity index (χ0) is 22.4. The number of Topliss-reactive ketones (excluding diaryl/α,β-unsaturated/α-hetero) is 2. The number of aryl methyl sites for hydroxylation is 1. The monoisotopic (exact) mass is 426 g/mol. The summed E-state index contributed by atoms with van der Waals surface area (Å²) in [6, 6.07) is 7.80. The number of amides is 1. The van der Waals surface area contributed by atoms with Crippen LogP contribution in [-0.4, -0.2) is 79.3 Å².